The average molecular weight is 440 g/mol. The highest BCUT2D eigenvalue weighted by molar-refractivity contribution is 6.30. The molecule has 0 fully saturated rings. The number of aryl methyl sites for hydroxylation is 1. The molecule has 7 heteroatoms. The van der Waals surface area contributed by atoms with Crippen LogP contribution in [-0.4, -0.2) is 27.9 Å². The van der Waals surface area contributed by atoms with E-state index in [0.29, 0.717) is 35.9 Å². The number of nitrogens with zero attached hydrogens (tertiary/aromatic N) is 2. The summed E-state index contributed by atoms with van der Waals surface area (Å²) in [6, 6.07) is 9.78. The molecule has 5 nitrogen and oxygen atoms in total. The molecule has 1 amide bonds. The van der Waals surface area contributed by atoms with Gasteiger partial charge in [0, 0.05) is 23.8 Å². The van der Waals surface area contributed by atoms with Crippen molar-refractivity contribution in [3.05, 3.63) is 94.2 Å². The lowest BCUT2D eigenvalue weighted by Crippen LogP contribution is -2.28. The molecule has 0 saturated heterocycles. The van der Waals surface area contributed by atoms with Gasteiger partial charge in [-0.05, 0) is 42.2 Å². The molecule has 1 aliphatic rings. The summed E-state index contributed by atoms with van der Waals surface area (Å²) in [5, 5.41) is 3.57. The Kier molecular flexibility index (Phi) is 6.49. The van der Waals surface area contributed by atoms with Crippen molar-refractivity contribution in [2.75, 3.05) is 6.54 Å². The van der Waals surface area contributed by atoms with E-state index < -0.39 is 0 Å². The Morgan fingerprint density at radius 3 is 2.84 bits per heavy atom. The molecule has 160 valence electrons. The number of pyridine rings is 1. The van der Waals surface area contributed by atoms with Crippen molar-refractivity contribution in [1.29, 1.82) is 0 Å². The summed E-state index contributed by atoms with van der Waals surface area (Å²) in [4.78, 5) is 17.4. The number of ether oxygens (including phenoxy) is 1. The highest BCUT2D eigenvalue weighted by Crippen LogP contribution is 2.19. The quantitative estimate of drug-likeness (QED) is 0.570. The highest BCUT2D eigenvalue weighted by Gasteiger charge is 2.19. The Morgan fingerprint density at radius 1 is 1.32 bits per heavy atom. The summed E-state index contributed by atoms with van der Waals surface area (Å²) < 4.78 is 20.6. The van der Waals surface area contributed by atoms with Crippen molar-refractivity contribution >= 4 is 23.2 Å². The van der Waals surface area contributed by atoms with Crippen LogP contribution in [0.1, 0.15) is 35.1 Å². The predicted octanol–water partition coefficient (Wildman–Crippen LogP) is 4.89. The van der Waals surface area contributed by atoms with Gasteiger partial charge >= 0.3 is 0 Å². The third-order valence-corrected chi connectivity index (χ3v) is 5.41. The van der Waals surface area contributed by atoms with Crippen LogP contribution in [0.25, 0.3) is 5.65 Å². The third-order valence-electron chi connectivity index (χ3n) is 5.18. The number of carbonyl (C=O) groups excluding carboxylic acids is 1. The second-order valence-electron chi connectivity index (χ2n) is 7.37. The number of imidazole rings is 1. The second kappa shape index (κ2) is 9.45. The highest BCUT2D eigenvalue weighted by atomic mass is 35.5. The molecule has 4 rings (SSSR count). The molecular weight excluding hydrogens is 417 g/mol. The Hall–Kier alpha value is -2.96. The van der Waals surface area contributed by atoms with Gasteiger partial charge in [-0.15, -0.1) is 0 Å². The number of hydrogen-bond acceptors (Lipinski definition) is 3. The molecule has 2 aromatic heterocycles. The zero-order chi connectivity index (χ0) is 21.8. The van der Waals surface area contributed by atoms with Crippen molar-refractivity contribution in [2.45, 2.75) is 32.5 Å². The van der Waals surface area contributed by atoms with E-state index >= 15 is 0 Å². The maximum absolute atomic E-state index is 13.0. The van der Waals surface area contributed by atoms with Gasteiger partial charge in [0.05, 0.1) is 18.4 Å². The van der Waals surface area contributed by atoms with Crippen LogP contribution in [0.2, 0.25) is 5.02 Å². The number of halogens is 2. The fourth-order valence-corrected chi connectivity index (χ4v) is 3.66. The van der Waals surface area contributed by atoms with Crippen molar-refractivity contribution in [3.63, 3.8) is 0 Å². The lowest BCUT2D eigenvalue weighted by Gasteiger charge is -2.17. The molecule has 0 spiro atoms. The Labute approximate surface area is 185 Å². The molecule has 1 aromatic carbocycles. The molecule has 31 heavy (non-hydrogen) atoms. The van der Waals surface area contributed by atoms with E-state index in [1.807, 2.05) is 19.1 Å². The van der Waals surface area contributed by atoms with Crippen molar-refractivity contribution in [3.8, 4) is 0 Å². The van der Waals surface area contributed by atoms with Crippen molar-refractivity contribution in [1.82, 2.24) is 14.7 Å². The number of rotatable bonds is 7. The van der Waals surface area contributed by atoms with Gasteiger partial charge in [-0.25, -0.2) is 9.37 Å². The van der Waals surface area contributed by atoms with Gasteiger partial charge in [0.15, 0.2) is 0 Å². The molecule has 1 unspecified atom stereocenters. The van der Waals surface area contributed by atoms with Gasteiger partial charge in [-0.3, -0.25) is 9.20 Å². The second-order valence-corrected chi connectivity index (χ2v) is 7.80. The monoisotopic (exact) mass is 439 g/mol. The Balaban J connectivity index is 1.33. The molecule has 0 radical (unpaired) electrons. The van der Waals surface area contributed by atoms with E-state index in [1.165, 1.54) is 12.1 Å². The molecule has 0 aliphatic heterocycles. The number of hydrogen-bond donors (Lipinski definition) is 1. The topological polar surface area (TPSA) is 55.6 Å². The minimum Gasteiger partial charge on any atom is -0.369 e. The number of benzene rings is 1. The van der Waals surface area contributed by atoms with E-state index in [9.17, 15) is 9.18 Å². The molecule has 0 saturated carbocycles. The van der Waals surface area contributed by atoms with E-state index in [0.717, 1.165) is 23.3 Å². The van der Waals surface area contributed by atoms with E-state index in [1.54, 1.807) is 34.9 Å². The normalized spacial score (nSPS) is 15.8. The van der Waals surface area contributed by atoms with Crippen LogP contribution in [0.15, 0.2) is 66.4 Å². The zero-order valence-corrected chi connectivity index (χ0v) is 17.9. The fourth-order valence-electron chi connectivity index (χ4n) is 3.51. The van der Waals surface area contributed by atoms with Crippen LogP contribution < -0.4 is 5.32 Å². The molecule has 3 aromatic rings. The first kappa shape index (κ1) is 21.3. The average Bonchev–Trinajstić information content (AvgIpc) is 3.15. The summed E-state index contributed by atoms with van der Waals surface area (Å²) in [5.41, 5.74) is 3.88. The molecule has 1 aliphatic carbocycles. The van der Waals surface area contributed by atoms with E-state index in [2.05, 4.69) is 16.4 Å². The van der Waals surface area contributed by atoms with Gasteiger partial charge in [-0.2, -0.15) is 0 Å². The van der Waals surface area contributed by atoms with E-state index in [-0.39, 0.29) is 17.8 Å². The van der Waals surface area contributed by atoms with Crippen LogP contribution in [-0.2, 0) is 17.8 Å². The van der Waals surface area contributed by atoms with Gasteiger partial charge in [0.2, 0.25) is 0 Å². The van der Waals surface area contributed by atoms with Gasteiger partial charge in [0.25, 0.3) is 5.91 Å². The van der Waals surface area contributed by atoms with Crippen molar-refractivity contribution in [2.24, 2.45) is 0 Å². The number of fused-ring (bicyclic) bond motifs is 1. The van der Waals surface area contributed by atoms with Gasteiger partial charge in [0.1, 0.15) is 17.2 Å². The number of aromatic nitrogens is 2. The largest absolute Gasteiger partial charge is 0.369 e. The molecule has 1 N–H and O–H groups in total. The van der Waals surface area contributed by atoms with Crippen LogP contribution in [0.4, 0.5) is 4.39 Å². The van der Waals surface area contributed by atoms with Crippen LogP contribution >= 0.6 is 11.6 Å². The number of carbonyl (C=O) groups is 1. The predicted molar refractivity (Wildman–Crippen MR) is 119 cm³/mol. The van der Waals surface area contributed by atoms with Crippen LogP contribution in [0, 0.1) is 5.82 Å². The molecule has 0 bridgehead atoms. The summed E-state index contributed by atoms with van der Waals surface area (Å²) in [6.45, 7) is 2.82. The maximum atomic E-state index is 13.0. The first-order valence-corrected chi connectivity index (χ1v) is 10.6. The zero-order valence-electron chi connectivity index (χ0n) is 17.1. The lowest BCUT2D eigenvalue weighted by atomic mass is 10.0. The minimum absolute atomic E-state index is 0.0419. The molecule has 1 atom stereocenters. The summed E-state index contributed by atoms with van der Waals surface area (Å²) in [5.74, 6) is -0.426. The lowest BCUT2D eigenvalue weighted by molar-refractivity contribution is 0.0730. The Morgan fingerprint density at radius 2 is 2.13 bits per heavy atom. The van der Waals surface area contributed by atoms with Gasteiger partial charge < -0.3 is 10.1 Å². The Bertz CT molecular complexity index is 1150. The summed E-state index contributed by atoms with van der Waals surface area (Å²) >= 11 is 6.05. The summed E-state index contributed by atoms with van der Waals surface area (Å²) in [7, 11) is 0. The number of nitrogens with one attached hydrogen (secondary N) is 1. The first-order chi connectivity index (χ1) is 15.0. The molecular formula is C24H23ClFN3O2. The van der Waals surface area contributed by atoms with Gasteiger partial charge in [-0.1, -0.05) is 48.9 Å². The minimum atomic E-state index is -0.255. The SMILES string of the molecule is CCc1nc2cc(Cl)ccn2c1C(=O)NCC1=CCC(OCc2ccc(F)cc2)C=C1. The van der Waals surface area contributed by atoms with E-state index in [4.69, 9.17) is 16.3 Å². The first-order valence-electron chi connectivity index (χ1n) is 10.2. The smallest absolute Gasteiger partial charge is 0.270 e. The number of amides is 1. The third kappa shape index (κ3) is 5.03. The standard InChI is InChI=1S/C24H23ClFN3O2/c1-2-21-23(29-12-11-18(25)13-22(29)28-21)24(30)27-14-16-5-9-20(10-6-16)31-15-17-3-7-19(26)8-4-17/h3-9,11-13,20H,2,10,14-15H2,1H3,(H,27,30). The van der Waals surface area contributed by atoms with Crippen molar-refractivity contribution < 1.29 is 13.9 Å². The fraction of sp³-hybridized carbons (Fsp3) is 0.250. The maximum Gasteiger partial charge on any atom is 0.270 e. The van der Waals surface area contributed by atoms with Crippen LogP contribution in [0.3, 0.4) is 0 Å². The summed E-state index contributed by atoms with van der Waals surface area (Å²) in [6.07, 6.45) is 9.10. The van der Waals surface area contributed by atoms with Crippen LogP contribution in [0.5, 0.6) is 0 Å². The molecule has 2 heterocycles.